The average Bonchev–Trinajstić information content (AvgIpc) is 2.45. The lowest BCUT2D eigenvalue weighted by Gasteiger charge is -2.06. The predicted octanol–water partition coefficient (Wildman–Crippen LogP) is 3.65. The van der Waals surface area contributed by atoms with Crippen molar-refractivity contribution in [3.63, 3.8) is 0 Å². The topological polar surface area (TPSA) is 46.5 Å². The van der Waals surface area contributed by atoms with Crippen LogP contribution >= 0.6 is 11.8 Å². The standard InChI is InChI=1S/C15H14O3S/c16-15(17)13-8-4-5-9-14(13)19-11-18-10-12-6-2-1-3-7-12/h1-9H,10-11H2,(H,16,17). The van der Waals surface area contributed by atoms with Crippen LogP contribution in [-0.2, 0) is 11.3 Å². The number of rotatable bonds is 6. The molecule has 2 rings (SSSR count). The van der Waals surface area contributed by atoms with E-state index in [-0.39, 0.29) is 0 Å². The first-order chi connectivity index (χ1) is 9.27. The summed E-state index contributed by atoms with van der Waals surface area (Å²) in [6.45, 7) is 0.531. The molecule has 0 saturated carbocycles. The van der Waals surface area contributed by atoms with Crippen molar-refractivity contribution in [1.82, 2.24) is 0 Å². The minimum Gasteiger partial charge on any atom is -0.478 e. The van der Waals surface area contributed by atoms with Gasteiger partial charge in [-0.1, -0.05) is 54.2 Å². The van der Waals surface area contributed by atoms with Gasteiger partial charge >= 0.3 is 5.97 Å². The summed E-state index contributed by atoms with van der Waals surface area (Å²) in [7, 11) is 0. The first-order valence-corrected chi connectivity index (χ1v) is 6.83. The van der Waals surface area contributed by atoms with Crippen LogP contribution in [0, 0.1) is 0 Å². The molecule has 4 heteroatoms. The van der Waals surface area contributed by atoms with E-state index >= 15 is 0 Å². The smallest absolute Gasteiger partial charge is 0.336 e. The lowest BCUT2D eigenvalue weighted by Crippen LogP contribution is -1.99. The first kappa shape index (κ1) is 13.6. The first-order valence-electron chi connectivity index (χ1n) is 5.84. The van der Waals surface area contributed by atoms with Gasteiger partial charge in [0.15, 0.2) is 0 Å². The van der Waals surface area contributed by atoms with Gasteiger partial charge < -0.3 is 9.84 Å². The Labute approximate surface area is 116 Å². The number of thioether (sulfide) groups is 1. The highest BCUT2D eigenvalue weighted by molar-refractivity contribution is 7.99. The van der Waals surface area contributed by atoms with Crippen LogP contribution in [0.3, 0.4) is 0 Å². The molecule has 3 nitrogen and oxygen atoms in total. The summed E-state index contributed by atoms with van der Waals surface area (Å²) >= 11 is 1.39. The van der Waals surface area contributed by atoms with Crippen LogP contribution in [-0.4, -0.2) is 17.0 Å². The fraction of sp³-hybridized carbons (Fsp3) is 0.133. The molecule has 0 unspecified atom stereocenters. The van der Waals surface area contributed by atoms with Crippen molar-refractivity contribution in [3.8, 4) is 0 Å². The van der Waals surface area contributed by atoms with E-state index in [0.29, 0.717) is 18.1 Å². The van der Waals surface area contributed by atoms with Gasteiger partial charge in [-0.25, -0.2) is 4.79 Å². The van der Waals surface area contributed by atoms with E-state index in [0.717, 1.165) is 10.5 Å². The van der Waals surface area contributed by atoms with Crippen molar-refractivity contribution >= 4 is 17.7 Å². The number of benzene rings is 2. The van der Waals surface area contributed by atoms with Crippen LogP contribution in [0.15, 0.2) is 59.5 Å². The molecule has 0 fully saturated rings. The molecular formula is C15H14O3S. The minimum atomic E-state index is -0.911. The van der Waals surface area contributed by atoms with E-state index in [4.69, 9.17) is 9.84 Å². The second-order valence-corrected chi connectivity index (χ2v) is 4.86. The van der Waals surface area contributed by atoms with Crippen molar-refractivity contribution in [2.75, 3.05) is 5.94 Å². The Bertz CT molecular complexity index is 540. The normalized spacial score (nSPS) is 10.3. The number of hydrogen-bond donors (Lipinski definition) is 1. The largest absolute Gasteiger partial charge is 0.478 e. The second kappa shape index (κ2) is 6.97. The van der Waals surface area contributed by atoms with Crippen LogP contribution in [0.1, 0.15) is 15.9 Å². The lowest BCUT2D eigenvalue weighted by molar-refractivity contribution is 0.0693. The Kier molecular flexibility index (Phi) is 5.01. The summed E-state index contributed by atoms with van der Waals surface area (Å²) in [5.74, 6) is -0.481. The highest BCUT2D eigenvalue weighted by Gasteiger charge is 2.08. The van der Waals surface area contributed by atoms with Gasteiger partial charge in [0.1, 0.15) is 0 Å². The molecule has 0 heterocycles. The van der Waals surface area contributed by atoms with E-state index in [2.05, 4.69) is 0 Å². The molecular weight excluding hydrogens is 260 g/mol. The Morgan fingerprint density at radius 1 is 1.05 bits per heavy atom. The zero-order valence-corrected chi connectivity index (χ0v) is 11.1. The summed E-state index contributed by atoms with van der Waals surface area (Å²) in [6.07, 6.45) is 0. The van der Waals surface area contributed by atoms with E-state index in [1.54, 1.807) is 18.2 Å². The second-order valence-electron chi connectivity index (χ2n) is 3.90. The molecule has 0 aromatic heterocycles. The van der Waals surface area contributed by atoms with Crippen LogP contribution in [0.25, 0.3) is 0 Å². The molecule has 0 spiro atoms. The van der Waals surface area contributed by atoms with Crippen LogP contribution in [0.5, 0.6) is 0 Å². The maximum atomic E-state index is 11.0. The Morgan fingerprint density at radius 3 is 2.47 bits per heavy atom. The molecule has 0 amide bonds. The van der Waals surface area contributed by atoms with Gasteiger partial charge in [0.2, 0.25) is 0 Å². The maximum absolute atomic E-state index is 11.0. The van der Waals surface area contributed by atoms with Gasteiger partial charge in [-0.15, -0.1) is 0 Å². The summed E-state index contributed by atoms with van der Waals surface area (Å²) in [4.78, 5) is 11.7. The van der Waals surface area contributed by atoms with E-state index < -0.39 is 5.97 Å². The lowest BCUT2D eigenvalue weighted by atomic mass is 10.2. The molecule has 2 aromatic rings. The summed E-state index contributed by atoms with van der Waals surface area (Å²) in [5, 5.41) is 9.05. The van der Waals surface area contributed by atoms with Gasteiger partial charge in [0, 0.05) is 4.90 Å². The average molecular weight is 274 g/mol. The number of carbonyl (C=O) groups is 1. The number of carboxylic acid groups (broad SMARTS) is 1. The quantitative estimate of drug-likeness (QED) is 0.496. The molecule has 19 heavy (non-hydrogen) atoms. The predicted molar refractivity (Wildman–Crippen MR) is 75.4 cm³/mol. The monoisotopic (exact) mass is 274 g/mol. The summed E-state index contributed by atoms with van der Waals surface area (Å²) < 4.78 is 5.53. The number of hydrogen-bond acceptors (Lipinski definition) is 3. The van der Waals surface area contributed by atoms with Gasteiger partial charge in [-0.05, 0) is 17.7 Å². The third-order valence-electron chi connectivity index (χ3n) is 2.53. The molecule has 2 aromatic carbocycles. The summed E-state index contributed by atoms with van der Waals surface area (Å²) in [5.41, 5.74) is 1.42. The van der Waals surface area contributed by atoms with Crippen molar-refractivity contribution in [2.24, 2.45) is 0 Å². The SMILES string of the molecule is O=C(O)c1ccccc1SCOCc1ccccc1. The van der Waals surface area contributed by atoms with Crippen LogP contribution in [0.4, 0.5) is 0 Å². The highest BCUT2D eigenvalue weighted by atomic mass is 32.2. The molecule has 0 aliphatic heterocycles. The van der Waals surface area contributed by atoms with Crippen molar-refractivity contribution < 1.29 is 14.6 Å². The molecule has 0 aliphatic rings. The van der Waals surface area contributed by atoms with Crippen molar-refractivity contribution in [2.45, 2.75) is 11.5 Å². The van der Waals surface area contributed by atoms with Gasteiger partial charge in [0.25, 0.3) is 0 Å². The molecule has 98 valence electrons. The van der Waals surface area contributed by atoms with Crippen LogP contribution < -0.4 is 0 Å². The van der Waals surface area contributed by atoms with E-state index in [9.17, 15) is 4.79 Å². The molecule has 0 bridgehead atoms. The fourth-order valence-corrected chi connectivity index (χ4v) is 2.39. The molecule has 1 N–H and O–H groups in total. The van der Waals surface area contributed by atoms with E-state index in [1.165, 1.54) is 11.8 Å². The summed E-state index contributed by atoms with van der Waals surface area (Å²) in [6, 6.07) is 16.8. The zero-order chi connectivity index (χ0) is 13.5. The molecule has 0 aliphatic carbocycles. The Hall–Kier alpha value is -1.78. The molecule has 0 saturated heterocycles. The Morgan fingerprint density at radius 2 is 1.74 bits per heavy atom. The van der Waals surface area contributed by atoms with Gasteiger partial charge in [-0.2, -0.15) is 0 Å². The molecule has 0 radical (unpaired) electrons. The third kappa shape index (κ3) is 4.12. The number of aromatic carboxylic acids is 1. The highest BCUT2D eigenvalue weighted by Crippen LogP contribution is 2.23. The number of ether oxygens (including phenoxy) is 1. The Balaban J connectivity index is 1.85. The third-order valence-corrected chi connectivity index (χ3v) is 3.48. The molecule has 0 atom stereocenters. The van der Waals surface area contributed by atoms with Crippen molar-refractivity contribution in [1.29, 1.82) is 0 Å². The fourth-order valence-electron chi connectivity index (χ4n) is 1.61. The minimum absolute atomic E-state index is 0.316. The van der Waals surface area contributed by atoms with Gasteiger partial charge in [-0.3, -0.25) is 0 Å². The van der Waals surface area contributed by atoms with E-state index in [1.807, 2.05) is 36.4 Å². The number of carboxylic acids is 1. The van der Waals surface area contributed by atoms with Gasteiger partial charge in [0.05, 0.1) is 18.1 Å². The zero-order valence-electron chi connectivity index (χ0n) is 10.3. The maximum Gasteiger partial charge on any atom is 0.336 e. The van der Waals surface area contributed by atoms with Crippen LogP contribution in [0.2, 0.25) is 0 Å². The van der Waals surface area contributed by atoms with Crippen molar-refractivity contribution in [3.05, 3.63) is 65.7 Å².